The number of thioether (sulfide) groups is 1. The number of hydrogen-bond donors (Lipinski definition) is 6. The molecule has 6 heterocycles. The number of thiol groups is 1. The quantitative estimate of drug-likeness (QED) is 0.0328. The maximum Gasteiger partial charge on any atom is 0.319 e. The molecule has 0 bridgehead atoms. The van der Waals surface area contributed by atoms with Gasteiger partial charge in [0.15, 0.2) is 15.4 Å². The third-order valence-electron chi connectivity index (χ3n) is 6.15. The summed E-state index contributed by atoms with van der Waals surface area (Å²) in [5.74, 6) is 0.104. The number of hydrogen-bond acceptors (Lipinski definition) is 13. The number of thiazole rings is 2. The summed E-state index contributed by atoms with van der Waals surface area (Å²) in [6, 6.07) is 18.9. The van der Waals surface area contributed by atoms with Crippen LogP contribution in [0.15, 0.2) is 78.2 Å². The molecule has 7 aromatic rings. The van der Waals surface area contributed by atoms with Crippen LogP contribution in [0.5, 0.6) is 0 Å². The second-order valence-electron chi connectivity index (χ2n) is 9.52. The normalized spacial score (nSPS) is 13.0. The number of anilines is 4. The first-order valence-corrected chi connectivity index (χ1v) is 17.9. The Morgan fingerprint density at radius 2 is 1.42 bits per heavy atom. The van der Waals surface area contributed by atoms with Crippen molar-refractivity contribution in [2.24, 2.45) is 0 Å². The first-order valence-electron chi connectivity index (χ1n) is 13.7. The van der Waals surface area contributed by atoms with Gasteiger partial charge in [-0.25, -0.2) is 24.9 Å². The van der Waals surface area contributed by atoms with Gasteiger partial charge in [-0.15, -0.1) is 12.6 Å². The van der Waals surface area contributed by atoms with Gasteiger partial charge in [0.2, 0.25) is 5.91 Å². The molecule has 244 valence electrons. The molecule has 12 nitrogen and oxygen atoms in total. The van der Waals surface area contributed by atoms with Gasteiger partial charge in [0, 0.05) is 12.1 Å². The van der Waals surface area contributed by atoms with Crippen LogP contribution in [0.2, 0.25) is 10.3 Å². The summed E-state index contributed by atoms with van der Waals surface area (Å²) in [4.78, 5) is 46.5. The number of amides is 2. The van der Waals surface area contributed by atoms with E-state index in [4.69, 9.17) is 34.8 Å². The van der Waals surface area contributed by atoms with Crippen LogP contribution in [0.25, 0.3) is 31.5 Å². The van der Waals surface area contributed by atoms with Crippen LogP contribution in [0, 0.1) is 0 Å². The molecular formula is C29H21Cl3N10O2S4. The number of halogens is 3. The molecule has 0 saturated carbocycles. The standard InChI is InChI=1S/C15H10ClN5OS2.C8H5ClN2OS.C6H6ClN3S/c16-12-5-9-10(6-17-12)20-14(19-9)23-7-13(22)21-15-18-8-3-1-2-4-11(8)24-15;9-7(12)11-8-10-5-3-1-2-4-6(5)13-8;7-5-1-3-4(2-8-5)10-6(11)9-3/h1-6H,7H2,(H,19,20)(H,18,21,22);1-4H,(H,10,11,12);1-2,6,9-11H. The van der Waals surface area contributed by atoms with E-state index >= 15 is 0 Å². The number of rotatable bonds is 5. The number of carbonyl (C=O) groups excluding carboxylic acids is 2. The lowest BCUT2D eigenvalue weighted by Gasteiger charge is -2.00. The molecule has 5 N–H and O–H groups in total. The minimum absolute atomic E-state index is 0.0368. The van der Waals surface area contributed by atoms with Crippen molar-refractivity contribution in [2.75, 3.05) is 27.0 Å². The Morgan fingerprint density at radius 1 is 0.812 bits per heavy atom. The molecule has 48 heavy (non-hydrogen) atoms. The van der Waals surface area contributed by atoms with E-state index in [1.807, 2.05) is 48.5 Å². The van der Waals surface area contributed by atoms with Gasteiger partial charge >= 0.3 is 5.37 Å². The molecule has 0 fully saturated rings. The zero-order valence-corrected chi connectivity index (χ0v) is 29.7. The number of nitrogens with one attached hydrogen (secondary N) is 5. The summed E-state index contributed by atoms with van der Waals surface area (Å²) in [6.45, 7) is 0. The maximum absolute atomic E-state index is 12.1. The van der Waals surface area contributed by atoms with Gasteiger partial charge in [0.25, 0.3) is 0 Å². The number of nitrogens with zero attached hydrogens (tertiary/aromatic N) is 5. The molecule has 1 aliphatic rings. The molecule has 1 atom stereocenters. The first kappa shape index (κ1) is 34.0. The molecule has 0 spiro atoms. The molecule has 8 rings (SSSR count). The van der Waals surface area contributed by atoms with Crippen molar-refractivity contribution in [1.29, 1.82) is 0 Å². The van der Waals surface area contributed by atoms with Crippen LogP contribution in [0.3, 0.4) is 0 Å². The third kappa shape index (κ3) is 8.96. The highest BCUT2D eigenvalue weighted by Crippen LogP contribution is 2.31. The summed E-state index contributed by atoms with van der Waals surface area (Å²) in [5.41, 5.74) is 5.11. The van der Waals surface area contributed by atoms with Gasteiger partial charge < -0.3 is 20.9 Å². The van der Waals surface area contributed by atoms with Gasteiger partial charge in [-0.05, 0) is 35.9 Å². The highest BCUT2D eigenvalue weighted by Gasteiger charge is 2.16. The Labute approximate surface area is 304 Å². The number of aromatic amines is 1. The Hall–Kier alpha value is -3.90. The summed E-state index contributed by atoms with van der Waals surface area (Å²) in [7, 11) is 0. The summed E-state index contributed by atoms with van der Waals surface area (Å²) in [5, 5.41) is 13.4. The SMILES string of the molecule is O=C(CSc1nc2cc(Cl)ncc2[nH]1)Nc1nc2ccccc2s1.O=C(Cl)Nc1nc2ccccc2s1.SC1Nc2cnc(Cl)cc2N1. The van der Waals surface area contributed by atoms with Crippen molar-refractivity contribution in [3.8, 4) is 0 Å². The van der Waals surface area contributed by atoms with Crippen LogP contribution >= 0.6 is 81.9 Å². The van der Waals surface area contributed by atoms with Crippen molar-refractivity contribution in [1.82, 2.24) is 29.9 Å². The van der Waals surface area contributed by atoms with E-state index in [1.165, 1.54) is 34.4 Å². The number of pyridine rings is 2. The number of imidazole rings is 1. The Kier molecular flexibility index (Phi) is 11.0. The molecule has 0 saturated heterocycles. The number of fused-ring (bicyclic) bond motifs is 4. The molecule has 19 heteroatoms. The van der Waals surface area contributed by atoms with Crippen LogP contribution in [-0.4, -0.2) is 52.4 Å². The second-order valence-corrected chi connectivity index (χ2v) is 14.2. The first-order chi connectivity index (χ1) is 23.2. The predicted molar refractivity (Wildman–Crippen MR) is 202 cm³/mol. The highest BCUT2D eigenvalue weighted by molar-refractivity contribution is 7.99. The lowest BCUT2D eigenvalue weighted by atomic mass is 10.3. The van der Waals surface area contributed by atoms with E-state index in [-0.39, 0.29) is 17.2 Å². The third-order valence-corrected chi connectivity index (χ3v) is 9.69. The lowest BCUT2D eigenvalue weighted by Crippen LogP contribution is -2.13. The van der Waals surface area contributed by atoms with Gasteiger partial charge in [-0.2, -0.15) is 0 Å². The minimum Gasteiger partial charge on any atom is -0.355 e. The number of benzene rings is 2. The molecule has 0 aliphatic carbocycles. The molecule has 1 unspecified atom stereocenters. The largest absolute Gasteiger partial charge is 0.355 e. The molecular weight excluding hydrogens is 755 g/mol. The van der Waals surface area contributed by atoms with E-state index in [2.05, 4.69) is 63.8 Å². The second kappa shape index (κ2) is 15.5. The van der Waals surface area contributed by atoms with E-state index in [9.17, 15) is 9.59 Å². The van der Waals surface area contributed by atoms with Crippen LogP contribution in [0.4, 0.5) is 26.4 Å². The zero-order valence-electron chi connectivity index (χ0n) is 24.1. The Bertz CT molecular complexity index is 2180. The Balaban J connectivity index is 0.000000140. The number of H-pyrrole nitrogens is 1. The maximum atomic E-state index is 12.1. The number of carbonyl (C=O) groups is 2. The van der Waals surface area contributed by atoms with E-state index in [0.717, 1.165) is 42.8 Å². The molecule has 5 aromatic heterocycles. The van der Waals surface area contributed by atoms with E-state index < -0.39 is 5.37 Å². The summed E-state index contributed by atoms with van der Waals surface area (Å²) in [6.07, 6.45) is 3.30. The summed E-state index contributed by atoms with van der Waals surface area (Å²) >= 11 is 25.0. The van der Waals surface area contributed by atoms with Gasteiger partial charge in [0.05, 0.1) is 61.0 Å². The highest BCUT2D eigenvalue weighted by atomic mass is 35.5. The average Bonchev–Trinajstić information content (AvgIpc) is 3.83. The lowest BCUT2D eigenvalue weighted by molar-refractivity contribution is -0.113. The van der Waals surface area contributed by atoms with Crippen molar-refractivity contribution >= 4 is 146 Å². The number of aromatic nitrogens is 6. The van der Waals surface area contributed by atoms with Crippen molar-refractivity contribution in [3.63, 3.8) is 0 Å². The predicted octanol–water partition coefficient (Wildman–Crippen LogP) is 8.80. The van der Waals surface area contributed by atoms with Crippen molar-refractivity contribution < 1.29 is 9.59 Å². The number of para-hydroxylation sites is 2. The van der Waals surface area contributed by atoms with Crippen LogP contribution in [-0.2, 0) is 4.79 Å². The Morgan fingerprint density at radius 3 is 2.08 bits per heavy atom. The van der Waals surface area contributed by atoms with Crippen molar-refractivity contribution in [2.45, 2.75) is 10.7 Å². The van der Waals surface area contributed by atoms with Gasteiger partial charge in [-0.3, -0.25) is 14.9 Å². The zero-order chi connectivity index (χ0) is 33.6. The van der Waals surface area contributed by atoms with Gasteiger partial charge in [0.1, 0.15) is 15.8 Å². The summed E-state index contributed by atoms with van der Waals surface area (Å²) < 4.78 is 2.07. The fraction of sp³-hybridized carbons (Fsp3) is 0.0690. The van der Waals surface area contributed by atoms with Crippen LogP contribution in [0.1, 0.15) is 0 Å². The van der Waals surface area contributed by atoms with Crippen LogP contribution < -0.4 is 21.3 Å². The van der Waals surface area contributed by atoms with Crippen molar-refractivity contribution in [3.05, 3.63) is 83.4 Å². The van der Waals surface area contributed by atoms with Gasteiger partial charge in [-0.1, -0.05) is 81.9 Å². The van der Waals surface area contributed by atoms with E-state index in [0.29, 0.717) is 25.7 Å². The topological polar surface area (TPSA) is 162 Å². The fourth-order valence-corrected chi connectivity index (χ4v) is 7.31. The van der Waals surface area contributed by atoms with E-state index in [1.54, 1.807) is 24.5 Å². The molecule has 2 aromatic carbocycles. The fourth-order valence-electron chi connectivity index (χ4n) is 4.15. The molecule has 0 radical (unpaired) electrons. The average molecular weight is 776 g/mol. The smallest absolute Gasteiger partial charge is 0.319 e. The molecule has 2 amide bonds. The molecule has 1 aliphatic heterocycles. The monoisotopic (exact) mass is 774 g/mol. The minimum atomic E-state index is -0.612.